The Kier molecular flexibility index (Phi) is 9.84. The van der Waals surface area contributed by atoms with Crippen LogP contribution in [-0.4, -0.2) is 4.57 Å². The van der Waals surface area contributed by atoms with Crippen molar-refractivity contribution in [2.75, 3.05) is 4.90 Å². The van der Waals surface area contributed by atoms with Crippen molar-refractivity contribution in [3.8, 4) is 61.3 Å². The first-order valence-corrected chi connectivity index (χ1v) is 23.6. The molecule has 0 bridgehead atoms. The molecule has 324 valence electrons. The van der Waals surface area contributed by atoms with Crippen LogP contribution >= 0.6 is 0 Å². The Balaban J connectivity index is 0.901. The van der Waals surface area contributed by atoms with Gasteiger partial charge in [-0.15, -0.1) is 0 Å². The summed E-state index contributed by atoms with van der Waals surface area (Å²) in [7, 11) is 0. The van der Waals surface area contributed by atoms with Gasteiger partial charge in [-0.05, 0) is 123 Å². The summed E-state index contributed by atoms with van der Waals surface area (Å²) in [5.41, 5.74) is 20.1. The summed E-state index contributed by atoms with van der Waals surface area (Å²) in [6.07, 6.45) is 0. The van der Waals surface area contributed by atoms with Gasteiger partial charge in [0, 0.05) is 44.2 Å². The van der Waals surface area contributed by atoms with E-state index in [-0.39, 0.29) is 0 Å². The van der Waals surface area contributed by atoms with Gasteiger partial charge in [0.2, 0.25) is 0 Å². The van der Waals surface area contributed by atoms with Crippen LogP contribution in [0.15, 0.2) is 271 Å². The van der Waals surface area contributed by atoms with Crippen LogP contribution in [0.25, 0.3) is 105 Å². The first kappa shape index (κ1) is 40.1. The van der Waals surface area contributed by atoms with E-state index in [1.54, 1.807) is 0 Å². The van der Waals surface area contributed by atoms with Crippen LogP contribution in [0.2, 0.25) is 0 Å². The molecule has 0 saturated carbocycles. The number of benzene rings is 11. The molecule has 0 N–H and O–H groups in total. The summed E-state index contributed by atoms with van der Waals surface area (Å²) in [6, 6.07) is 96.1. The van der Waals surface area contributed by atoms with E-state index in [0.29, 0.717) is 0 Å². The minimum Gasteiger partial charge on any atom is -0.456 e. The second-order valence-corrected chi connectivity index (χ2v) is 17.7. The first-order valence-electron chi connectivity index (χ1n) is 23.6. The molecule has 2 aromatic heterocycles. The average Bonchev–Trinajstić information content (AvgIpc) is 3.98. The molecule has 0 atom stereocenters. The molecule has 3 heteroatoms. The quantitative estimate of drug-likeness (QED) is 0.144. The summed E-state index contributed by atoms with van der Waals surface area (Å²) >= 11 is 0. The van der Waals surface area contributed by atoms with Gasteiger partial charge in [-0.1, -0.05) is 194 Å². The summed E-state index contributed by atoms with van der Waals surface area (Å²) in [5.74, 6) is 0. The molecule has 0 aliphatic carbocycles. The van der Waals surface area contributed by atoms with Crippen LogP contribution in [0, 0.1) is 0 Å². The van der Waals surface area contributed by atoms with E-state index in [9.17, 15) is 0 Å². The normalized spacial score (nSPS) is 11.5. The van der Waals surface area contributed by atoms with Gasteiger partial charge in [-0.25, -0.2) is 0 Å². The zero-order chi connectivity index (χ0) is 45.7. The van der Waals surface area contributed by atoms with Crippen LogP contribution in [-0.2, 0) is 0 Å². The zero-order valence-electron chi connectivity index (χ0n) is 37.7. The lowest BCUT2D eigenvalue weighted by atomic mass is 9.96. The van der Waals surface area contributed by atoms with E-state index in [4.69, 9.17) is 4.42 Å². The van der Waals surface area contributed by atoms with Gasteiger partial charge in [0.15, 0.2) is 0 Å². The van der Waals surface area contributed by atoms with Crippen LogP contribution in [0.5, 0.6) is 0 Å². The van der Waals surface area contributed by atoms with Crippen molar-refractivity contribution >= 4 is 60.8 Å². The van der Waals surface area contributed by atoms with Gasteiger partial charge >= 0.3 is 0 Å². The monoisotopic (exact) mass is 880 g/mol. The minimum absolute atomic E-state index is 0.876. The number of rotatable bonds is 9. The van der Waals surface area contributed by atoms with Crippen LogP contribution in [0.3, 0.4) is 0 Å². The van der Waals surface area contributed by atoms with Crippen LogP contribution < -0.4 is 4.90 Å². The predicted octanol–water partition coefficient (Wildman–Crippen LogP) is 18.5. The van der Waals surface area contributed by atoms with Gasteiger partial charge in [0.1, 0.15) is 11.2 Å². The van der Waals surface area contributed by atoms with Crippen molar-refractivity contribution < 1.29 is 4.42 Å². The molecule has 11 aromatic carbocycles. The average molecular weight is 881 g/mol. The predicted molar refractivity (Wildman–Crippen MR) is 290 cm³/mol. The van der Waals surface area contributed by atoms with Crippen molar-refractivity contribution in [3.05, 3.63) is 267 Å². The number of nitrogens with zero attached hydrogens (tertiary/aromatic N) is 2. The molecule has 0 aliphatic rings. The fraction of sp³-hybridized carbons (Fsp3) is 0. The maximum Gasteiger partial charge on any atom is 0.136 e. The highest BCUT2D eigenvalue weighted by molar-refractivity contribution is 6.14. The minimum atomic E-state index is 0.876. The van der Waals surface area contributed by atoms with Crippen molar-refractivity contribution in [2.24, 2.45) is 0 Å². The fourth-order valence-corrected chi connectivity index (χ4v) is 10.3. The molecule has 0 saturated heterocycles. The van der Waals surface area contributed by atoms with Crippen molar-refractivity contribution in [1.82, 2.24) is 4.57 Å². The first-order chi connectivity index (χ1) is 34.2. The molecule has 0 amide bonds. The van der Waals surface area contributed by atoms with Gasteiger partial charge in [-0.3, -0.25) is 0 Å². The third-order valence-corrected chi connectivity index (χ3v) is 13.6. The largest absolute Gasteiger partial charge is 0.456 e. The lowest BCUT2D eigenvalue weighted by molar-refractivity contribution is 0.669. The summed E-state index contributed by atoms with van der Waals surface area (Å²) in [5, 5.41) is 4.74. The number of para-hydroxylation sites is 4. The van der Waals surface area contributed by atoms with Gasteiger partial charge in [0.05, 0.1) is 16.7 Å². The summed E-state index contributed by atoms with van der Waals surface area (Å²) in [4.78, 5) is 2.40. The zero-order valence-corrected chi connectivity index (χ0v) is 37.7. The highest BCUT2D eigenvalue weighted by atomic mass is 16.3. The summed E-state index contributed by atoms with van der Waals surface area (Å²) in [6.45, 7) is 0. The molecule has 69 heavy (non-hydrogen) atoms. The molecule has 2 heterocycles. The van der Waals surface area contributed by atoms with E-state index in [0.717, 1.165) is 78.1 Å². The van der Waals surface area contributed by atoms with Crippen LogP contribution in [0.4, 0.5) is 17.1 Å². The maximum absolute atomic E-state index is 6.42. The second-order valence-electron chi connectivity index (χ2n) is 17.7. The number of furan rings is 1. The topological polar surface area (TPSA) is 21.3 Å². The van der Waals surface area contributed by atoms with Gasteiger partial charge < -0.3 is 13.9 Å². The van der Waals surface area contributed by atoms with Crippen molar-refractivity contribution in [1.29, 1.82) is 0 Å². The molecule has 0 unspecified atom stereocenters. The molecule has 0 radical (unpaired) electrons. The molecule has 0 aliphatic heterocycles. The smallest absolute Gasteiger partial charge is 0.136 e. The highest BCUT2D eigenvalue weighted by Crippen LogP contribution is 2.46. The molecule has 13 rings (SSSR count). The second kappa shape index (κ2) is 16.9. The van der Waals surface area contributed by atoms with Crippen molar-refractivity contribution in [3.63, 3.8) is 0 Å². The van der Waals surface area contributed by atoms with E-state index < -0.39 is 0 Å². The third kappa shape index (κ3) is 7.16. The van der Waals surface area contributed by atoms with Crippen LogP contribution in [0.1, 0.15) is 0 Å². The molecule has 0 spiro atoms. The number of hydrogen-bond donors (Lipinski definition) is 0. The molecular formula is C66H44N2O. The Bertz CT molecular complexity index is 3960. The van der Waals surface area contributed by atoms with E-state index in [1.165, 1.54) is 44.1 Å². The molecular weight excluding hydrogens is 837 g/mol. The fourth-order valence-electron chi connectivity index (χ4n) is 10.3. The lowest BCUT2D eigenvalue weighted by Gasteiger charge is -2.28. The SMILES string of the molecule is c1ccc(-c2ccc(-c3cccc(N(c4ccc(-c5cccc(-c6cccc(-n7c8ccccc8c8ccccc87)c6)c5)cc4)c4ccccc4-c4cccc5oc6ccccc6c45)c3)cc2)cc1. The Morgan fingerprint density at radius 2 is 0.768 bits per heavy atom. The van der Waals surface area contributed by atoms with Gasteiger partial charge in [-0.2, -0.15) is 0 Å². The van der Waals surface area contributed by atoms with E-state index >= 15 is 0 Å². The maximum atomic E-state index is 6.42. The summed E-state index contributed by atoms with van der Waals surface area (Å²) < 4.78 is 8.80. The molecule has 13 aromatic rings. The highest BCUT2D eigenvalue weighted by Gasteiger charge is 2.21. The molecule has 3 nitrogen and oxygen atoms in total. The van der Waals surface area contributed by atoms with E-state index in [1.807, 2.05) is 6.07 Å². The Morgan fingerprint density at radius 3 is 1.51 bits per heavy atom. The van der Waals surface area contributed by atoms with Gasteiger partial charge in [0.25, 0.3) is 0 Å². The number of hydrogen-bond acceptors (Lipinski definition) is 2. The van der Waals surface area contributed by atoms with Crippen molar-refractivity contribution in [2.45, 2.75) is 0 Å². The standard InChI is InChI=1S/C66H44N2O/c1-2-16-45(17-3-1)46-34-36-47(37-35-46)51-20-13-22-54(43-51)67(61-29-8-6-26-58(61)59-28-15-33-65-66(59)60-27-7-11-32-64(60)69-65)53-40-38-48(39-41-53)49-18-12-19-50(42-49)52-21-14-23-55(44-52)68-62-30-9-4-24-56(62)57-25-5-10-31-63(57)68/h1-44H. The lowest BCUT2D eigenvalue weighted by Crippen LogP contribution is -2.11. The molecule has 0 fully saturated rings. The number of aromatic nitrogens is 1. The third-order valence-electron chi connectivity index (χ3n) is 13.6. The van der Waals surface area contributed by atoms with E-state index in [2.05, 4.69) is 270 Å². The number of fused-ring (bicyclic) bond motifs is 6. The number of anilines is 3. The Hall–Kier alpha value is -9.18. The Morgan fingerprint density at radius 1 is 0.290 bits per heavy atom. The Labute approximate surface area is 401 Å².